The lowest BCUT2D eigenvalue weighted by Gasteiger charge is -2.16. The van der Waals surface area contributed by atoms with E-state index >= 15 is 0 Å². The topological polar surface area (TPSA) is 50.7 Å². The number of rotatable bonds is 9. The van der Waals surface area contributed by atoms with Gasteiger partial charge in [0, 0.05) is 18.7 Å². The lowest BCUT2D eigenvalue weighted by molar-refractivity contribution is 0.174. The zero-order valence-electron chi connectivity index (χ0n) is 16.4. The van der Waals surface area contributed by atoms with E-state index in [1.54, 1.807) is 19.2 Å². The van der Waals surface area contributed by atoms with Gasteiger partial charge in [0.15, 0.2) is 11.5 Å². The molecule has 2 N–H and O–H groups in total. The highest BCUT2D eigenvalue weighted by molar-refractivity contribution is 9.10. The van der Waals surface area contributed by atoms with Gasteiger partial charge in [0.05, 0.1) is 22.7 Å². The van der Waals surface area contributed by atoms with Crippen LogP contribution in [-0.4, -0.2) is 18.8 Å². The number of halogens is 3. The number of aliphatic hydroxyl groups is 1. The van der Waals surface area contributed by atoms with Crippen molar-refractivity contribution in [2.75, 3.05) is 13.7 Å². The van der Waals surface area contributed by atoms with Gasteiger partial charge in [0.25, 0.3) is 0 Å². The molecule has 7 heteroatoms. The minimum Gasteiger partial charge on any atom is -0.493 e. The monoisotopic (exact) mass is 493 g/mol. The van der Waals surface area contributed by atoms with Crippen molar-refractivity contribution in [1.82, 2.24) is 5.32 Å². The minimum absolute atomic E-state index is 0.0265. The van der Waals surface area contributed by atoms with Crippen LogP contribution in [0.2, 0.25) is 5.02 Å². The van der Waals surface area contributed by atoms with E-state index in [4.69, 9.17) is 21.1 Å². The molecular weight excluding hydrogens is 473 g/mol. The summed E-state index contributed by atoms with van der Waals surface area (Å²) in [6.45, 7) is 0.910. The van der Waals surface area contributed by atoms with Crippen molar-refractivity contribution in [1.29, 1.82) is 0 Å². The molecule has 4 nitrogen and oxygen atoms in total. The second-order valence-corrected chi connectivity index (χ2v) is 7.92. The molecule has 0 fully saturated rings. The fourth-order valence-electron chi connectivity index (χ4n) is 2.98. The maximum atomic E-state index is 14.0. The van der Waals surface area contributed by atoms with Crippen LogP contribution in [0.25, 0.3) is 0 Å². The van der Waals surface area contributed by atoms with Gasteiger partial charge in [0.1, 0.15) is 12.4 Å². The number of benzene rings is 3. The van der Waals surface area contributed by atoms with Crippen molar-refractivity contribution in [2.24, 2.45) is 0 Å². The molecule has 0 aliphatic rings. The predicted molar refractivity (Wildman–Crippen MR) is 120 cm³/mol. The van der Waals surface area contributed by atoms with E-state index in [2.05, 4.69) is 21.2 Å². The third-order valence-corrected chi connectivity index (χ3v) is 5.51. The molecule has 0 aliphatic carbocycles. The first-order valence-corrected chi connectivity index (χ1v) is 10.5. The Bertz CT molecular complexity index is 967. The summed E-state index contributed by atoms with van der Waals surface area (Å²) in [5.74, 6) is 0.553. The van der Waals surface area contributed by atoms with Crippen molar-refractivity contribution >= 4 is 27.5 Å². The number of methoxy groups -OCH3 is 1. The second-order valence-electron chi connectivity index (χ2n) is 6.66. The molecule has 0 unspecified atom stereocenters. The second kappa shape index (κ2) is 10.8. The summed E-state index contributed by atoms with van der Waals surface area (Å²) in [4.78, 5) is 0. The lowest BCUT2D eigenvalue weighted by atomic mass is 10.1. The van der Waals surface area contributed by atoms with Crippen LogP contribution in [0.3, 0.4) is 0 Å². The van der Waals surface area contributed by atoms with Crippen LogP contribution in [0.1, 0.15) is 22.8 Å². The molecule has 0 aliphatic heterocycles. The summed E-state index contributed by atoms with van der Waals surface area (Å²) in [5.41, 5.74) is 2.09. The Morgan fingerprint density at radius 1 is 1.13 bits per heavy atom. The average Bonchev–Trinajstić information content (AvgIpc) is 2.74. The van der Waals surface area contributed by atoms with Gasteiger partial charge in [-0.2, -0.15) is 0 Å². The zero-order valence-corrected chi connectivity index (χ0v) is 18.7. The van der Waals surface area contributed by atoms with Gasteiger partial charge in [-0.05, 0) is 51.3 Å². The van der Waals surface area contributed by atoms with E-state index in [0.29, 0.717) is 34.1 Å². The Kier molecular flexibility index (Phi) is 8.10. The minimum atomic E-state index is -0.593. The van der Waals surface area contributed by atoms with Crippen LogP contribution >= 0.6 is 27.5 Å². The van der Waals surface area contributed by atoms with E-state index in [-0.39, 0.29) is 12.2 Å². The van der Waals surface area contributed by atoms with Crippen LogP contribution in [0.4, 0.5) is 4.39 Å². The van der Waals surface area contributed by atoms with E-state index in [0.717, 1.165) is 11.1 Å². The van der Waals surface area contributed by atoms with Gasteiger partial charge in [-0.1, -0.05) is 48.0 Å². The van der Waals surface area contributed by atoms with Crippen LogP contribution in [0, 0.1) is 5.82 Å². The Labute approximate surface area is 188 Å². The number of ether oxygens (including phenoxy) is 2. The summed E-state index contributed by atoms with van der Waals surface area (Å²) >= 11 is 9.57. The lowest BCUT2D eigenvalue weighted by Crippen LogP contribution is -2.21. The van der Waals surface area contributed by atoms with Crippen LogP contribution in [-0.2, 0) is 13.2 Å². The molecule has 0 spiro atoms. The normalized spacial score (nSPS) is 11.9. The van der Waals surface area contributed by atoms with Crippen LogP contribution in [0.5, 0.6) is 11.5 Å². The van der Waals surface area contributed by atoms with Gasteiger partial charge in [0.2, 0.25) is 0 Å². The van der Waals surface area contributed by atoms with Crippen molar-refractivity contribution in [3.8, 4) is 11.5 Å². The summed E-state index contributed by atoms with van der Waals surface area (Å²) in [6, 6.07) is 17.7. The average molecular weight is 495 g/mol. The molecule has 0 saturated heterocycles. The molecule has 0 aromatic heterocycles. The van der Waals surface area contributed by atoms with Gasteiger partial charge in [-0.25, -0.2) is 4.39 Å². The molecule has 3 rings (SSSR count). The highest BCUT2D eigenvalue weighted by atomic mass is 79.9. The van der Waals surface area contributed by atoms with Crippen LogP contribution < -0.4 is 14.8 Å². The van der Waals surface area contributed by atoms with E-state index in [9.17, 15) is 9.50 Å². The number of hydrogen-bond donors (Lipinski definition) is 2. The first-order chi connectivity index (χ1) is 14.5. The molecule has 158 valence electrons. The summed E-state index contributed by atoms with van der Waals surface area (Å²) in [5, 5.41) is 13.8. The third-order valence-electron chi connectivity index (χ3n) is 4.56. The maximum Gasteiger partial charge on any atom is 0.175 e. The first-order valence-electron chi connectivity index (χ1n) is 9.35. The molecule has 0 heterocycles. The van der Waals surface area contributed by atoms with Crippen molar-refractivity contribution < 1.29 is 19.0 Å². The predicted octanol–water partition coefficient (Wildman–Crippen LogP) is 5.65. The van der Waals surface area contributed by atoms with Crippen molar-refractivity contribution in [2.45, 2.75) is 19.3 Å². The molecule has 3 aromatic rings. The van der Waals surface area contributed by atoms with Crippen molar-refractivity contribution in [3.05, 3.63) is 92.7 Å². The molecular formula is C23H22BrClFNO3. The third kappa shape index (κ3) is 5.73. The molecule has 0 radical (unpaired) electrons. The Balaban J connectivity index is 1.65. The Hall–Kier alpha value is -2.12. The highest BCUT2D eigenvalue weighted by Crippen LogP contribution is 2.37. The fraction of sp³-hybridized carbons (Fsp3) is 0.217. The van der Waals surface area contributed by atoms with Crippen molar-refractivity contribution in [3.63, 3.8) is 0 Å². The molecule has 0 bridgehead atoms. The van der Waals surface area contributed by atoms with E-state index in [1.807, 2.05) is 42.5 Å². The maximum absolute atomic E-state index is 14.0. The number of aliphatic hydroxyl groups excluding tert-OH is 1. The fourth-order valence-corrected chi connectivity index (χ4v) is 3.80. The molecule has 1 atom stereocenters. The number of nitrogens with one attached hydrogen (secondary N) is 1. The van der Waals surface area contributed by atoms with Gasteiger partial charge < -0.3 is 19.9 Å². The van der Waals surface area contributed by atoms with Gasteiger partial charge in [-0.15, -0.1) is 0 Å². The van der Waals surface area contributed by atoms with E-state index < -0.39 is 11.9 Å². The Morgan fingerprint density at radius 3 is 2.60 bits per heavy atom. The molecule has 3 aromatic carbocycles. The molecule has 0 amide bonds. The zero-order chi connectivity index (χ0) is 21.5. The summed E-state index contributed by atoms with van der Waals surface area (Å²) < 4.78 is 25.9. The van der Waals surface area contributed by atoms with E-state index in [1.165, 1.54) is 6.07 Å². The van der Waals surface area contributed by atoms with Crippen LogP contribution in [0.15, 0.2) is 65.1 Å². The van der Waals surface area contributed by atoms with Gasteiger partial charge in [-0.3, -0.25) is 0 Å². The molecule has 30 heavy (non-hydrogen) atoms. The molecule has 0 saturated carbocycles. The summed E-state index contributed by atoms with van der Waals surface area (Å²) in [7, 11) is 1.54. The van der Waals surface area contributed by atoms with Gasteiger partial charge >= 0.3 is 0 Å². The first kappa shape index (κ1) is 22.6. The number of hydrogen-bond acceptors (Lipinski definition) is 4. The smallest absolute Gasteiger partial charge is 0.175 e. The highest BCUT2D eigenvalue weighted by Gasteiger charge is 2.15. The SMILES string of the molecule is COc1cc(CNC[C@@H](O)c2ccccc2)cc(Br)c1OCc1c(F)cccc1Cl. The largest absolute Gasteiger partial charge is 0.493 e. The quantitative estimate of drug-likeness (QED) is 0.403. The standard InChI is InChI=1S/C23H22BrClFNO3/c1-29-22-11-15(12-27-13-21(28)16-6-3-2-4-7-16)10-18(24)23(22)30-14-17-19(25)8-5-9-20(17)26/h2-11,21,27-28H,12-14H2,1H3/t21-/m1/s1. The Morgan fingerprint density at radius 2 is 1.90 bits per heavy atom. The summed E-state index contributed by atoms with van der Waals surface area (Å²) in [6.07, 6.45) is -0.593.